The van der Waals surface area contributed by atoms with Gasteiger partial charge in [-0.1, -0.05) is 60.2 Å². The average molecular weight is 366 g/mol. The maximum atomic E-state index is 5.93. The first-order valence-corrected chi connectivity index (χ1v) is 9.87. The highest BCUT2D eigenvalue weighted by Gasteiger charge is 2.24. The van der Waals surface area contributed by atoms with Gasteiger partial charge in [-0.3, -0.25) is 4.99 Å². The van der Waals surface area contributed by atoms with Gasteiger partial charge in [-0.2, -0.15) is 0 Å². The Morgan fingerprint density at radius 1 is 1.11 bits per heavy atom. The van der Waals surface area contributed by atoms with E-state index in [-0.39, 0.29) is 0 Å². The van der Waals surface area contributed by atoms with E-state index in [4.69, 9.17) is 4.74 Å². The summed E-state index contributed by atoms with van der Waals surface area (Å²) in [5.41, 5.74) is 3.90. The second kappa shape index (κ2) is 10.1. The van der Waals surface area contributed by atoms with Gasteiger partial charge in [0.05, 0.1) is 13.2 Å². The Bertz CT molecular complexity index is 712. The van der Waals surface area contributed by atoms with E-state index in [1.165, 1.54) is 16.7 Å². The minimum absolute atomic E-state index is 0.573. The van der Waals surface area contributed by atoms with Crippen LogP contribution in [-0.4, -0.2) is 44.1 Å². The van der Waals surface area contributed by atoms with Crippen LogP contribution in [-0.2, 0) is 17.8 Å². The van der Waals surface area contributed by atoms with Gasteiger partial charge in [0.2, 0.25) is 0 Å². The predicted molar refractivity (Wildman–Crippen MR) is 112 cm³/mol. The van der Waals surface area contributed by atoms with Crippen molar-refractivity contribution in [2.75, 3.05) is 33.3 Å². The molecule has 1 aliphatic rings. The van der Waals surface area contributed by atoms with Crippen molar-refractivity contribution in [3.63, 3.8) is 0 Å². The Balaban J connectivity index is 1.37. The molecule has 1 N–H and O–H groups in total. The van der Waals surface area contributed by atoms with E-state index in [1.54, 1.807) is 0 Å². The van der Waals surface area contributed by atoms with Crippen LogP contribution in [0.5, 0.6) is 0 Å². The molecule has 0 aromatic heterocycles. The fraction of sp³-hybridized carbons (Fsp3) is 0.435. The van der Waals surface area contributed by atoms with Crippen LogP contribution in [0.15, 0.2) is 59.6 Å². The third kappa shape index (κ3) is 6.10. The lowest BCUT2D eigenvalue weighted by molar-refractivity contribution is 0.0907. The molecule has 0 saturated carbocycles. The van der Waals surface area contributed by atoms with E-state index in [2.05, 4.69) is 70.7 Å². The summed E-state index contributed by atoms with van der Waals surface area (Å²) in [7, 11) is 1.87. The van der Waals surface area contributed by atoms with Crippen LogP contribution in [0.1, 0.15) is 23.1 Å². The van der Waals surface area contributed by atoms with Gasteiger partial charge in [0.1, 0.15) is 0 Å². The molecule has 0 bridgehead atoms. The van der Waals surface area contributed by atoms with E-state index in [0.717, 1.165) is 45.0 Å². The lowest BCUT2D eigenvalue weighted by Crippen LogP contribution is -2.41. The summed E-state index contributed by atoms with van der Waals surface area (Å²) in [6.07, 6.45) is 2.17. The van der Waals surface area contributed by atoms with Crippen molar-refractivity contribution >= 4 is 5.96 Å². The molecule has 0 radical (unpaired) electrons. The maximum Gasteiger partial charge on any atom is 0.193 e. The molecule has 1 saturated heterocycles. The zero-order valence-corrected chi connectivity index (χ0v) is 16.5. The number of nitrogens with zero attached hydrogens (tertiary/aromatic N) is 2. The normalized spacial score (nSPS) is 17.3. The Morgan fingerprint density at radius 2 is 1.89 bits per heavy atom. The summed E-state index contributed by atoms with van der Waals surface area (Å²) >= 11 is 0. The van der Waals surface area contributed by atoms with E-state index >= 15 is 0 Å². The van der Waals surface area contributed by atoms with E-state index in [9.17, 15) is 0 Å². The number of guanidine groups is 1. The van der Waals surface area contributed by atoms with Crippen molar-refractivity contribution in [3.8, 4) is 0 Å². The number of likely N-dealkylation sites (tertiary alicyclic amines) is 1. The molecule has 0 amide bonds. The molecule has 1 unspecified atom stereocenters. The van der Waals surface area contributed by atoms with Gasteiger partial charge >= 0.3 is 0 Å². The molecule has 1 fully saturated rings. The molecular weight excluding hydrogens is 334 g/mol. The van der Waals surface area contributed by atoms with Crippen LogP contribution in [0.4, 0.5) is 0 Å². The molecule has 2 aromatic carbocycles. The second-order valence-corrected chi connectivity index (χ2v) is 7.31. The second-order valence-electron chi connectivity index (χ2n) is 7.31. The summed E-state index contributed by atoms with van der Waals surface area (Å²) in [6.45, 7) is 6.59. The van der Waals surface area contributed by atoms with Gasteiger partial charge < -0.3 is 15.0 Å². The molecule has 1 atom stereocenters. The first-order chi connectivity index (χ1) is 13.2. The Kier molecular flexibility index (Phi) is 7.28. The minimum atomic E-state index is 0.573. The van der Waals surface area contributed by atoms with Crippen LogP contribution < -0.4 is 5.32 Å². The van der Waals surface area contributed by atoms with Gasteiger partial charge in [-0.05, 0) is 30.9 Å². The van der Waals surface area contributed by atoms with Crippen LogP contribution >= 0.6 is 0 Å². The van der Waals surface area contributed by atoms with E-state index in [0.29, 0.717) is 12.5 Å². The number of benzene rings is 2. The zero-order valence-electron chi connectivity index (χ0n) is 16.5. The first-order valence-electron chi connectivity index (χ1n) is 9.87. The molecule has 0 spiro atoms. The number of ether oxygens (including phenoxy) is 1. The van der Waals surface area contributed by atoms with Gasteiger partial charge in [0, 0.05) is 32.6 Å². The molecule has 1 heterocycles. The molecular formula is C23H31N3O. The maximum absolute atomic E-state index is 5.93. The summed E-state index contributed by atoms with van der Waals surface area (Å²) in [5, 5.41) is 3.51. The zero-order chi connectivity index (χ0) is 18.9. The summed E-state index contributed by atoms with van der Waals surface area (Å²) < 4.78 is 5.93. The molecule has 27 heavy (non-hydrogen) atoms. The third-order valence-electron chi connectivity index (χ3n) is 5.08. The van der Waals surface area contributed by atoms with E-state index in [1.807, 2.05) is 13.1 Å². The summed E-state index contributed by atoms with van der Waals surface area (Å²) in [4.78, 5) is 6.82. The fourth-order valence-corrected chi connectivity index (χ4v) is 3.48. The van der Waals surface area contributed by atoms with Crippen molar-refractivity contribution in [2.45, 2.75) is 26.4 Å². The Morgan fingerprint density at radius 3 is 2.63 bits per heavy atom. The quantitative estimate of drug-likeness (QED) is 0.601. The number of hydrogen-bond acceptors (Lipinski definition) is 2. The van der Waals surface area contributed by atoms with Gasteiger partial charge in [-0.25, -0.2) is 0 Å². The highest BCUT2D eigenvalue weighted by atomic mass is 16.5. The highest BCUT2D eigenvalue weighted by molar-refractivity contribution is 5.80. The summed E-state index contributed by atoms with van der Waals surface area (Å²) in [6, 6.07) is 19.1. The third-order valence-corrected chi connectivity index (χ3v) is 5.08. The van der Waals surface area contributed by atoms with Crippen molar-refractivity contribution in [3.05, 3.63) is 71.3 Å². The van der Waals surface area contributed by atoms with Crippen molar-refractivity contribution in [1.29, 1.82) is 0 Å². The van der Waals surface area contributed by atoms with Crippen molar-refractivity contribution < 1.29 is 4.74 Å². The van der Waals surface area contributed by atoms with Crippen LogP contribution in [0.25, 0.3) is 0 Å². The number of rotatable bonds is 7. The Labute approximate surface area is 163 Å². The average Bonchev–Trinajstić information content (AvgIpc) is 3.16. The highest BCUT2D eigenvalue weighted by Crippen LogP contribution is 2.17. The number of hydrogen-bond donors (Lipinski definition) is 1. The molecule has 1 aliphatic heterocycles. The molecule has 0 aliphatic carbocycles. The molecule has 2 aromatic rings. The van der Waals surface area contributed by atoms with E-state index < -0.39 is 0 Å². The van der Waals surface area contributed by atoms with Crippen LogP contribution in [0.2, 0.25) is 0 Å². The number of aryl methyl sites for hydroxylation is 1. The van der Waals surface area contributed by atoms with Crippen molar-refractivity contribution in [2.24, 2.45) is 10.9 Å². The molecule has 144 valence electrons. The number of nitrogens with one attached hydrogen (secondary N) is 1. The first kappa shape index (κ1) is 19.4. The van der Waals surface area contributed by atoms with Crippen molar-refractivity contribution in [1.82, 2.24) is 10.2 Å². The smallest absolute Gasteiger partial charge is 0.193 e. The molecule has 4 nitrogen and oxygen atoms in total. The predicted octanol–water partition coefficient (Wildman–Crippen LogP) is 3.65. The lowest BCUT2D eigenvalue weighted by Gasteiger charge is -2.21. The van der Waals surface area contributed by atoms with Gasteiger partial charge in [0.15, 0.2) is 5.96 Å². The van der Waals surface area contributed by atoms with Gasteiger partial charge in [-0.15, -0.1) is 0 Å². The van der Waals surface area contributed by atoms with Crippen LogP contribution in [0, 0.1) is 12.8 Å². The van der Waals surface area contributed by atoms with Gasteiger partial charge in [0.25, 0.3) is 0 Å². The minimum Gasteiger partial charge on any atom is -0.376 e. The fourth-order valence-electron chi connectivity index (χ4n) is 3.48. The monoisotopic (exact) mass is 365 g/mol. The SMILES string of the molecule is CN=C(NCCc1ccc(C)cc1)N1CCC(COCc2ccccc2)C1. The Hall–Kier alpha value is -2.33. The van der Waals surface area contributed by atoms with Crippen LogP contribution in [0.3, 0.4) is 0 Å². The molecule has 3 rings (SSSR count). The molecule has 4 heteroatoms. The summed E-state index contributed by atoms with van der Waals surface area (Å²) in [5.74, 6) is 1.58. The largest absolute Gasteiger partial charge is 0.376 e. The lowest BCUT2D eigenvalue weighted by atomic mass is 10.1. The number of aliphatic imine (C=N–C) groups is 1. The topological polar surface area (TPSA) is 36.9 Å². The standard InChI is InChI=1S/C23H31N3O/c1-19-8-10-20(11-9-19)12-14-25-23(24-2)26-15-13-22(16-26)18-27-17-21-6-4-3-5-7-21/h3-11,22H,12-18H2,1-2H3,(H,24,25).